The third kappa shape index (κ3) is 20.0. The van der Waals surface area contributed by atoms with E-state index in [2.05, 4.69) is 44.7 Å². The van der Waals surface area contributed by atoms with Gasteiger partial charge in [-0.1, -0.05) is 249 Å². The van der Waals surface area contributed by atoms with Gasteiger partial charge in [0, 0.05) is 13.0 Å². The van der Waals surface area contributed by atoms with E-state index in [0.29, 0.717) is 30.0 Å². The molecule has 0 fully saturated rings. The number of allylic oxidation sites excluding steroid dienone is 1. The SMILES string of the molecule is C=CCN1C(=O)C2=C(c3ccc(OCOCCCCCCCCCCCCCCCCCC)cc3)CC(=O)C2=C1c1ccc(CCCCCCCCCCCCCCCCCC)cc1. The lowest BCUT2D eigenvalue weighted by atomic mass is 9.99. The maximum Gasteiger partial charge on any atom is 0.259 e. The second-order valence-corrected chi connectivity index (χ2v) is 19.1. The van der Waals surface area contributed by atoms with Crippen LogP contribution >= 0.6 is 0 Å². The first-order valence-corrected chi connectivity index (χ1v) is 26.9. The Bertz CT molecular complexity index is 1640. The van der Waals surface area contributed by atoms with Crippen LogP contribution in [-0.2, 0) is 20.7 Å². The lowest BCUT2D eigenvalue weighted by Gasteiger charge is -2.20. The van der Waals surface area contributed by atoms with Gasteiger partial charge in [-0.2, -0.15) is 0 Å². The van der Waals surface area contributed by atoms with Gasteiger partial charge >= 0.3 is 0 Å². The average molecular weight is 878 g/mol. The Balaban J connectivity index is 1.11. The summed E-state index contributed by atoms with van der Waals surface area (Å²) in [7, 11) is 0. The van der Waals surface area contributed by atoms with Crippen molar-refractivity contribution in [3.05, 3.63) is 89.0 Å². The number of amides is 1. The Morgan fingerprint density at radius 3 is 1.39 bits per heavy atom. The fourth-order valence-electron chi connectivity index (χ4n) is 9.72. The largest absolute Gasteiger partial charge is 0.468 e. The molecule has 356 valence electrons. The highest BCUT2D eigenvalue weighted by molar-refractivity contribution is 6.31. The fourth-order valence-corrected chi connectivity index (χ4v) is 9.72. The number of hydrogen-bond acceptors (Lipinski definition) is 4. The average Bonchev–Trinajstić information content (AvgIpc) is 3.80. The molecule has 0 saturated carbocycles. The summed E-state index contributed by atoms with van der Waals surface area (Å²) in [5, 5.41) is 0. The third-order valence-electron chi connectivity index (χ3n) is 13.6. The lowest BCUT2D eigenvalue weighted by molar-refractivity contribution is -0.122. The standard InChI is InChI=1S/C59H91NO4/c1-4-7-9-11-13-15-17-19-21-23-25-27-29-31-33-35-37-50-38-40-52(41-39-50)58-57-55(61)48-54(56(57)59(62)60(58)46-6-3)51-42-44-53(45-43-51)64-49-63-47-36-34-32-30-28-26-24-22-20-18-16-14-12-10-8-5-2/h6,38-45H,3-5,7-37,46-49H2,1-2H3. The summed E-state index contributed by atoms with van der Waals surface area (Å²) >= 11 is 0. The van der Waals surface area contributed by atoms with E-state index in [-0.39, 0.29) is 24.9 Å². The molecule has 2 aromatic carbocycles. The van der Waals surface area contributed by atoms with Crippen LogP contribution in [0, 0.1) is 0 Å². The van der Waals surface area contributed by atoms with Crippen molar-refractivity contribution in [2.45, 2.75) is 232 Å². The van der Waals surface area contributed by atoms with E-state index in [1.54, 1.807) is 11.0 Å². The Kier molecular flexibility index (Phi) is 28.2. The molecule has 0 aromatic heterocycles. The zero-order valence-corrected chi connectivity index (χ0v) is 41.1. The molecule has 1 amide bonds. The number of ketones is 1. The summed E-state index contributed by atoms with van der Waals surface area (Å²) in [5.41, 5.74) is 5.69. The van der Waals surface area contributed by atoms with Gasteiger partial charge < -0.3 is 14.4 Å². The van der Waals surface area contributed by atoms with E-state index in [9.17, 15) is 9.59 Å². The highest BCUT2D eigenvalue weighted by atomic mass is 16.7. The number of unbranched alkanes of at least 4 members (excludes halogenated alkanes) is 30. The van der Waals surface area contributed by atoms with Crippen molar-refractivity contribution in [3.63, 3.8) is 0 Å². The first-order valence-electron chi connectivity index (χ1n) is 26.9. The van der Waals surface area contributed by atoms with Crippen LogP contribution in [0.15, 0.2) is 72.3 Å². The minimum atomic E-state index is -0.120. The van der Waals surface area contributed by atoms with Crippen LogP contribution < -0.4 is 4.74 Å². The molecule has 0 spiro atoms. The summed E-state index contributed by atoms with van der Waals surface area (Å²) in [6.45, 7) is 9.78. The number of nitrogens with zero attached hydrogens (tertiary/aromatic N) is 1. The zero-order chi connectivity index (χ0) is 45.3. The van der Waals surface area contributed by atoms with Crippen molar-refractivity contribution in [2.24, 2.45) is 0 Å². The molecule has 0 saturated heterocycles. The number of carbonyl (C=O) groups excluding carboxylic acids is 2. The van der Waals surface area contributed by atoms with E-state index in [4.69, 9.17) is 9.47 Å². The highest BCUT2D eigenvalue weighted by Crippen LogP contribution is 2.46. The topological polar surface area (TPSA) is 55.8 Å². The van der Waals surface area contributed by atoms with Crippen LogP contribution in [0.2, 0.25) is 0 Å². The molecule has 0 atom stereocenters. The molecule has 2 aromatic rings. The summed E-state index contributed by atoms with van der Waals surface area (Å²) in [4.78, 5) is 29.4. The van der Waals surface area contributed by atoms with Gasteiger partial charge in [0.15, 0.2) is 12.6 Å². The van der Waals surface area contributed by atoms with Gasteiger partial charge in [0.25, 0.3) is 5.91 Å². The van der Waals surface area contributed by atoms with Gasteiger partial charge in [0.05, 0.1) is 23.5 Å². The normalized spacial score (nSPS) is 13.8. The number of carbonyl (C=O) groups is 2. The smallest absolute Gasteiger partial charge is 0.259 e. The Labute approximate surface area is 392 Å². The number of ether oxygens (including phenoxy) is 2. The van der Waals surface area contributed by atoms with Gasteiger partial charge in [-0.15, -0.1) is 6.58 Å². The molecule has 1 heterocycles. The van der Waals surface area contributed by atoms with Crippen LogP contribution in [0.1, 0.15) is 242 Å². The lowest BCUT2D eigenvalue weighted by Crippen LogP contribution is -2.26. The summed E-state index contributed by atoms with van der Waals surface area (Å²) in [6.07, 6.45) is 46.7. The maximum absolute atomic E-state index is 14.0. The second kappa shape index (κ2) is 34.0. The predicted molar refractivity (Wildman–Crippen MR) is 273 cm³/mol. The van der Waals surface area contributed by atoms with Crippen LogP contribution in [0.3, 0.4) is 0 Å². The quantitative estimate of drug-likeness (QED) is 0.0379. The van der Waals surface area contributed by atoms with E-state index in [1.165, 1.54) is 205 Å². The monoisotopic (exact) mass is 878 g/mol. The van der Waals surface area contributed by atoms with Gasteiger partial charge in [0.1, 0.15) is 5.75 Å². The van der Waals surface area contributed by atoms with Gasteiger partial charge in [-0.3, -0.25) is 9.59 Å². The first-order chi connectivity index (χ1) is 31.6. The number of benzene rings is 2. The van der Waals surface area contributed by atoms with Crippen LogP contribution in [0.5, 0.6) is 5.75 Å². The maximum atomic E-state index is 14.0. The Morgan fingerprint density at radius 2 is 0.938 bits per heavy atom. The molecule has 0 N–H and O–H groups in total. The number of rotatable bonds is 41. The number of aryl methyl sites for hydroxylation is 1. The summed E-state index contributed by atoms with van der Waals surface area (Å²) in [6, 6.07) is 16.3. The van der Waals surface area contributed by atoms with Crippen molar-refractivity contribution in [1.82, 2.24) is 4.90 Å². The van der Waals surface area contributed by atoms with Crippen molar-refractivity contribution in [2.75, 3.05) is 19.9 Å². The van der Waals surface area contributed by atoms with E-state index in [1.807, 2.05) is 24.3 Å². The molecule has 5 heteroatoms. The van der Waals surface area contributed by atoms with Gasteiger partial charge in [-0.25, -0.2) is 0 Å². The molecule has 1 aliphatic heterocycles. The number of fused-ring (bicyclic) bond motifs is 1. The first kappa shape index (κ1) is 53.2. The zero-order valence-electron chi connectivity index (χ0n) is 41.1. The minimum Gasteiger partial charge on any atom is -0.468 e. The molecule has 0 unspecified atom stereocenters. The van der Waals surface area contributed by atoms with Crippen LogP contribution in [-0.4, -0.2) is 36.5 Å². The Morgan fingerprint density at radius 1 is 0.516 bits per heavy atom. The molecule has 1 aliphatic carbocycles. The van der Waals surface area contributed by atoms with Crippen LogP contribution in [0.25, 0.3) is 11.3 Å². The van der Waals surface area contributed by atoms with E-state index < -0.39 is 0 Å². The van der Waals surface area contributed by atoms with E-state index in [0.717, 1.165) is 35.2 Å². The summed E-state index contributed by atoms with van der Waals surface area (Å²) in [5.74, 6) is 0.596. The highest BCUT2D eigenvalue weighted by Gasteiger charge is 2.44. The molecule has 0 radical (unpaired) electrons. The van der Waals surface area contributed by atoms with Crippen molar-refractivity contribution in [1.29, 1.82) is 0 Å². The van der Waals surface area contributed by atoms with Crippen molar-refractivity contribution < 1.29 is 19.1 Å². The third-order valence-corrected chi connectivity index (χ3v) is 13.6. The molecule has 0 bridgehead atoms. The Hall–Kier alpha value is -3.44. The predicted octanol–water partition coefficient (Wildman–Crippen LogP) is 17.3. The molecule has 5 nitrogen and oxygen atoms in total. The fraction of sp³-hybridized carbons (Fsp3) is 0.661. The van der Waals surface area contributed by atoms with Gasteiger partial charge in [0.2, 0.25) is 0 Å². The molecular weight excluding hydrogens is 787 g/mol. The van der Waals surface area contributed by atoms with Crippen molar-refractivity contribution >= 4 is 23.0 Å². The van der Waals surface area contributed by atoms with E-state index >= 15 is 0 Å². The van der Waals surface area contributed by atoms with Crippen molar-refractivity contribution in [3.8, 4) is 5.75 Å². The molecule has 64 heavy (non-hydrogen) atoms. The van der Waals surface area contributed by atoms with Gasteiger partial charge in [-0.05, 0) is 53.7 Å². The second-order valence-electron chi connectivity index (χ2n) is 19.1. The number of Topliss-reactive ketones (excluding diaryl/α,β-unsaturated/α-hetero) is 1. The molecule has 4 rings (SSSR count). The van der Waals surface area contributed by atoms with Crippen LogP contribution in [0.4, 0.5) is 0 Å². The number of hydrogen-bond donors (Lipinski definition) is 0. The summed E-state index contributed by atoms with van der Waals surface area (Å²) < 4.78 is 11.7. The molecular formula is C59H91NO4. The minimum absolute atomic E-state index is 0.0000317. The molecule has 2 aliphatic rings.